The topological polar surface area (TPSA) is 72.2 Å². The van der Waals surface area contributed by atoms with Crippen molar-refractivity contribution in [2.75, 3.05) is 6.54 Å². The molecule has 114 valence electrons. The normalized spacial score (nSPS) is 18.2. The number of sulfonamides is 1. The average Bonchev–Trinajstić information content (AvgIpc) is 3.16. The van der Waals surface area contributed by atoms with E-state index in [1.54, 1.807) is 6.92 Å². The summed E-state index contributed by atoms with van der Waals surface area (Å²) in [7, 11) is -3.77. The molecule has 20 heavy (non-hydrogen) atoms. The summed E-state index contributed by atoms with van der Waals surface area (Å²) < 4.78 is 40.8. The van der Waals surface area contributed by atoms with E-state index in [1.165, 1.54) is 12.1 Å². The van der Waals surface area contributed by atoms with Crippen molar-refractivity contribution < 1.29 is 12.8 Å². The van der Waals surface area contributed by atoms with Crippen LogP contribution in [0.5, 0.6) is 0 Å². The SMILES string of the molecule is CC(CN)(NS(=O)(=O)c1ccc(Br)c(F)c1)C1CC1.Cl. The Morgan fingerprint density at radius 3 is 2.55 bits per heavy atom. The summed E-state index contributed by atoms with van der Waals surface area (Å²) >= 11 is 2.99. The fourth-order valence-corrected chi connectivity index (χ4v) is 3.76. The quantitative estimate of drug-likeness (QED) is 0.815. The predicted molar refractivity (Wildman–Crippen MR) is 81.9 cm³/mol. The lowest BCUT2D eigenvalue weighted by Gasteiger charge is -2.29. The molecule has 0 radical (unpaired) electrons. The van der Waals surface area contributed by atoms with Crippen LogP contribution in [0.2, 0.25) is 0 Å². The van der Waals surface area contributed by atoms with Gasteiger partial charge in [-0.15, -0.1) is 12.4 Å². The van der Waals surface area contributed by atoms with E-state index in [0.717, 1.165) is 18.9 Å². The number of nitrogens with two attached hydrogens (primary N) is 1. The van der Waals surface area contributed by atoms with Crippen LogP contribution in [0.15, 0.2) is 27.6 Å². The molecule has 0 aromatic heterocycles. The molecule has 1 aliphatic rings. The van der Waals surface area contributed by atoms with E-state index in [4.69, 9.17) is 5.73 Å². The number of hydrogen-bond donors (Lipinski definition) is 2. The first-order valence-corrected chi connectivity index (χ1v) is 8.25. The van der Waals surface area contributed by atoms with E-state index in [9.17, 15) is 12.8 Å². The van der Waals surface area contributed by atoms with Crippen LogP contribution in [0.3, 0.4) is 0 Å². The molecule has 1 aromatic carbocycles. The fourth-order valence-electron chi connectivity index (χ4n) is 2.02. The van der Waals surface area contributed by atoms with Crippen LogP contribution >= 0.6 is 28.3 Å². The molecule has 0 aliphatic heterocycles. The molecule has 2 rings (SSSR count). The van der Waals surface area contributed by atoms with Crippen LogP contribution in [-0.2, 0) is 10.0 Å². The highest BCUT2D eigenvalue weighted by atomic mass is 79.9. The summed E-state index contributed by atoms with van der Waals surface area (Å²) in [4.78, 5) is -0.0893. The van der Waals surface area contributed by atoms with Gasteiger partial charge in [0, 0.05) is 12.1 Å². The van der Waals surface area contributed by atoms with E-state index in [-0.39, 0.29) is 34.2 Å². The van der Waals surface area contributed by atoms with E-state index in [0.29, 0.717) is 0 Å². The van der Waals surface area contributed by atoms with Crippen molar-refractivity contribution >= 4 is 38.4 Å². The molecular weight excluding hydrogens is 371 g/mol. The van der Waals surface area contributed by atoms with Crippen LogP contribution < -0.4 is 10.5 Å². The zero-order chi connectivity index (χ0) is 14.3. The Labute approximate surface area is 132 Å². The average molecular weight is 388 g/mol. The van der Waals surface area contributed by atoms with Crippen molar-refractivity contribution in [2.24, 2.45) is 11.7 Å². The van der Waals surface area contributed by atoms with Gasteiger partial charge in [0.2, 0.25) is 10.0 Å². The minimum absolute atomic E-state index is 0. The molecule has 1 atom stereocenters. The third-order valence-corrected chi connectivity index (χ3v) is 5.72. The fraction of sp³-hybridized carbons (Fsp3) is 0.500. The second-order valence-electron chi connectivity index (χ2n) is 5.08. The summed E-state index contributed by atoms with van der Waals surface area (Å²) in [6.45, 7) is 2.01. The number of benzene rings is 1. The van der Waals surface area contributed by atoms with Gasteiger partial charge in [0.05, 0.1) is 9.37 Å². The van der Waals surface area contributed by atoms with Crippen LogP contribution in [0.25, 0.3) is 0 Å². The van der Waals surface area contributed by atoms with Crippen molar-refractivity contribution in [1.82, 2.24) is 4.72 Å². The van der Waals surface area contributed by atoms with E-state index < -0.39 is 21.4 Å². The van der Waals surface area contributed by atoms with Gasteiger partial charge in [0.1, 0.15) is 5.82 Å². The molecule has 1 aliphatic carbocycles. The maximum atomic E-state index is 13.4. The molecule has 1 aromatic rings. The lowest BCUT2D eigenvalue weighted by Crippen LogP contribution is -2.52. The third-order valence-electron chi connectivity index (χ3n) is 3.47. The molecule has 8 heteroatoms. The smallest absolute Gasteiger partial charge is 0.241 e. The maximum Gasteiger partial charge on any atom is 0.241 e. The molecule has 0 amide bonds. The minimum atomic E-state index is -3.77. The zero-order valence-corrected chi connectivity index (χ0v) is 14.1. The molecule has 4 nitrogen and oxygen atoms in total. The van der Waals surface area contributed by atoms with Crippen molar-refractivity contribution in [3.05, 3.63) is 28.5 Å². The summed E-state index contributed by atoms with van der Waals surface area (Å²) in [6, 6.07) is 3.73. The monoisotopic (exact) mass is 386 g/mol. The first-order valence-electron chi connectivity index (χ1n) is 5.97. The minimum Gasteiger partial charge on any atom is -0.329 e. The largest absolute Gasteiger partial charge is 0.329 e. The lowest BCUT2D eigenvalue weighted by molar-refractivity contribution is 0.374. The molecule has 0 spiro atoms. The number of halogens is 3. The Morgan fingerprint density at radius 2 is 2.10 bits per heavy atom. The van der Waals surface area contributed by atoms with Crippen molar-refractivity contribution in [1.29, 1.82) is 0 Å². The Bertz CT molecular complexity index is 595. The van der Waals surface area contributed by atoms with E-state index in [1.807, 2.05) is 0 Å². The number of hydrogen-bond acceptors (Lipinski definition) is 3. The van der Waals surface area contributed by atoms with Gasteiger partial charge < -0.3 is 5.73 Å². The lowest BCUT2D eigenvalue weighted by atomic mass is 9.98. The van der Waals surface area contributed by atoms with Gasteiger partial charge in [-0.3, -0.25) is 0 Å². The van der Waals surface area contributed by atoms with Crippen LogP contribution in [0, 0.1) is 11.7 Å². The van der Waals surface area contributed by atoms with E-state index in [2.05, 4.69) is 20.7 Å². The van der Waals surface area contributed by atoms with Gasteiger partial charge >= 0.3 is 0 Å². The molecule has 1 unspecified atom stereocenters. The Morgan fingerprint density at radius 1 is 1.50 bits per heavy atom. The van der Waals surface area contributed by atoms with Crippen molar-refractivity contribution in [3.8, 4) is 0 Å². The van der Waals surface area contributed by atoms with Crippen molar-refractivity contribution in [2.45, 2.75) is 30.2 Å². The molecule has 0 heterocycles. The zero-order valence-electron chi connectivity index (χ0n) is 10.9. The number of nitrogens with one attached hydrogen (secondary N) is 1. The third kappa shape index (κ3) is 3.71. The summed E-state index contributed by atoms with van der Waals surface area (Å²) in [5, 5.41) is 0. The molecule has 1 saturated carbocycles. The first-order chi connectivity index (χ1) is 8.78. The molecular formula is C12H17BrClFN2O2S. The second kappa shape index (κ2) is 6.27. The first kappa shape index (κ1) is 17.8. The van der Waals surface area contributed by atoms with Gasteiger partial charge in [0.15, 0.2) is 0 Å². The second-order valence-corrected chi connectivity index (χ2v) is 7.61. The van der Waals surface area contributed by atoms with Crippen LogP contribution in [0.1, 0.15) is 19.8 Å². The molecule has 0 saturated heterocycles. The summed E-state index contributed by atoms with van der Waals surface area (Å²) in [5.41, 5.74) is 5.01. The van der Waals surface area contributed by atoms with Gasteiger partial charge in [-0.25, -0.2) is 17.5 Å². The Hall–Kier alpha value is -0.210. The van der Waals surface area contributed by atoms with Gasteiger partial charge in [-0.1, -0.05) is 0 Å². The summed E-state index contributed by atoms with van der Waals surface area (Å²) in [6.07, 6.45) is 1.93. The highest BCUT2D eigenvalue weighted by Gasteiger charge is 2.43. The van der Waals surface area contributed by atoms with E-state index >= 15 is 0 Å². The molecule has 3 N–H and O–H groups in total. The Kier molecular flexibility index (Phi) is 5.60. The standard InChI is InChI=1S/C12H16BrFN2O2S.ClH/c1-12(7-15,8-2-3-8)16-19(17,18)9-4-5-10(13)11(14)6-9;/h4-6,8,16H,2-3,7,15H2,1H3;1H. The maximum absolute atomic E-state index is 13.4. The molecule has 1 fully saturated rings. The molecule has 0 bridgehead atoms. The van der Waals surface area contributed by atoms with Gasteiger partial charge in [-0.05, 0) is 59.8 Å². The Balaban J connectivity index is 0.00000200. The van der Waals surface area contributed by atoms with Crippen molar-refractivity contribution in [3.63, 3.8) is 0 Å². The predicted octanol–water partition coefficient (Wildman–Crippen LogP) is 2.42. The highest BCUT2D eigenvalue weighted by molar-refractivity contribution is 9.10. The summed E-state index contributed by atoms with van der Waals surface area (Å²) in [5.74, 6) is -0.351. The van der Waals surface area contributed by atoms with Crippen LogP contribution in [0.4, 0.5) is 4.39 Å². The van der Waals surface area contributed by atoms with Gasteiger partial charge in [0.25, 0.3) is 0 Å². The van der Waals surface area contributed by atoms with Crippen LogP contribution in [-0.4, -0.2) is 20.5 Å². The highest BCUT2D eigenvalue weighted by Crippen LogP contribution is 2.39. The van der Waals surface area contributed by atoms with Gasteiger partial charge in [-0.2, -0.15) is 0 Å². The number of rotatable bonds is 5.